The van der Waals surface area contributed by atoms with Gasteiger partial charge in [-0.3, -0.25) is 13.9 Å². The van der Waals surface area contributed by atoms with Crippen molar-refractivity contribution in [1.29, 1.82) is 0 Å². The fraction of sp³-hybridized carbons (Fsp3) is 0.375. The van der Waals surface area contributed by atoms with Crippen molar-refractivity contribution in [2.75, 3.05) is 17.5 Å². The molecule has 10 heteroatoms. The van der Waals surface area contributed by atoms with Gasteiger partial charge >= 0.3 is 0 Å². The predicted molar refractivity (Wildman–Crippen MR) is 162 cm³/mol. The largest absolute Gasteiger partial charge is 0.494 e. The number of hydrogen-bond donors (Lipinski definition) is 1. The number of ether oxygens (including phenoxy) is 1. The van der Waals surface area contributed by atoms with Crippen molar-refractivity contribution in [1.82, 2.24) is 10.2 Å². The normalized spacial score (nSPS) is 12.4. The first kappa shape index (κ1) is 32.6. The zero-order valence-electron chi connectivity index (χ0n) is 25.1. The highest BCUT2D eigenvalue weighted by Crippen LogP contribution is 2.27. The number of carbonyl (C=O) groups excluding carboxylic acids is 2. The summed E-state index contributed by atoms with van der Waals surface area (Å²) >= 11 is 0. The zero-order chi connectivity index (χ0) is 31.1. The Bertz CT molecular complexity index is 1450. The number of halogens is 1. The Kier molecular flexibility index (Phi) is 10.7. The van der Waals surface area contributed by atoms with Crippen LogP contribution in [0, 0.1) is 12.7 Å². The summed E-state index contributed by atoms with van der Waals surface area (Å²) in [4.78, 5) is 28.9. The van der Waals surface area contributed by atoms with E-state index in [-0.39, 0.29) is 29.5 Å². The van der Waals surface area contributed by atoms with E-state index in [1.807, 2.05) is 34.6 Å². The summed E-state index contributed by atoms with van der Waals surface area (Å²) < 4.78 is 48.2. The van der Waals surface area contributed by atoms with Crippen LogP contribution >= 0.6 is 0 Å². The van der Waals surface area contributed by atoms with Crippen molar-refractivity contribution in [3.8, 4) is 5.75 Å². The van der Waals surface area contributed by atoms with Crippen LogP contribution in [0.5, 0.6) is 5.75 Å². The second-order valence-corrected chi connectivity index (χ2v) is 12.9. The molecule has 1 unspecified atom stereocenters. The summed E-state index contributed by atoms with van der Waals surface area (Å²) in [5.74, 6) is -0.822. The zero-order valence-corrected chi connectivity index (χ0v) is 25.9. The number of rotatable bonds is 12. The maximum atomic E-state index is 14.1. The smallest absolute Gasteiger partial charge is 0.264 e. The lowest BCUT2D eigenvalue weighted by Gasteiger charge is -2.34. The minimum Gasteiger partial charge on any atom is -0.494 e. The third-order valence-corrected chi connectivity index (χ3v) is 8.26. The van der Waals surface area contributed by atoms with E-state index in [0.717, 1.165) is 9.87 Å². The van der Waals surface area contributed by atoms with Gasteiger partial charge in [0.25, 0.3) is 10.0 Å². The van der Waals surface area contributed by atoms with Gasteiger partial charge in [-0.05, 0) is 95.1 Å². The van der Waals surface area contributed by atoms with Crippen molar-refractivity contribution in [3.63, 3.8) is 0 Å². The van der Waals surface area contributed by atoms with Crippen LogP contribution in [0.25, 0.3) is 0 Å². The van der Waals surface area contributed by atoms with Gasteiger partial charge in [0.1, 0.15) is 24.2 Å². The number of anilines is 1. The van der Waals surface area contributed by atoms with Gasteiger partial charge in [-0.15, -0.1) is 0 Å². The number of carbonyl (C=O) groups is 2. The molecule has 42 heavy (non-hydrogen) atoms. The van der Waals surface area contributed by atoms with E-state index in [9.17, 15) is 22.4 Å². The molecule has 226 valence electrons. The molecule has 0 heterocycles. The van der Waals surface area contributed by atoms with Crippen LogP contribution < -0.4 is 14.4 Å². The highest BCUT2D eigenvalue weighted by molar-refractivity contribution is 7.92. The average molecular weight is 598 g/mol. The molecule has 0 aromatic heterocycles. The molecular formula is C32H40FN3O5S. The highest BCUT2D eigenvalue weighted by Gasteiger charge is 2.34. The number of amides is 2. The van der Waals surface area contributed by atoms with Crippen molar-refractivity contribution < 1.29 is 27.1 Å². The fourth-order valence-electron chi connectivity index (χ4n) is 4.40. The van der Waals surface area contributed by atoms with Gasteiger partial charge in [0.15, 0.2) is 0 Å². The molecule has 0 radical (unpaired) electrons. The van der Waals surface area contributed by atoms with Crippen LogP contribution in [-0.2, 0) is 26.2 Å². The van der Waals surface area contributed by atoms with E-state index < -0.39 is 39.9 Å². The third-order valence-electron chi connectivity index (χ3n) is 6.47. The Morgan fingerprint density at radius 1 is 0.929 bits per heavy atom. The quantitative estimate of drug-likeness (QED) is 0.300. The standard InChI is InChI=1S/C32H40FN3O5S/c1-7-29(31(38)34-32(4,5)6)35(21-24-11-13-25(33)14-12-24)30(37)22-36(26-15-17-27(18-16-26)41-8-2)42(39,40)28-19-9-23(3)10-20-28/h9-20,29H,7-8,21-22H2,1-6H3,(H,34,38). The van der Waals surface area contributed by atoms with Gasteiger partial charge in [-0.2, -0.15) is 0 Å². The summed E-state index contributed by atoms with van der Waals surface area (Å²) in [6.45, 7) is 10.9. The predicted octanol–water partition coefficient (Wildman–Crippen LogP) is 5.45. The Balaban J connectivity index is 2.07. The lowest BCUT2D eigenvalue weighted by molar-refractivity contribution is -0.141. The van der Waals surface area contributed by atoms with E-state index in [2.05, 4.69) is 5.32 Å². The van der Waals surface area contributed by atoms with E-state index in [0.29, 0.717) is 17.9 Å². The lowest BCUT2D eigenvalue weighted by Crippen LogP contribution is -2.55. The van der Waals surface area contributed by atoms with E-state index >= 15 is 0 Å². The van der Waals surface area contributed by atoms with E-state index in [1.165, 1.54) is 41.3 Å². The second kappa shape index (κ2) is 13.8. The molecule has 0 saturated carbocycles. The van der Waals surface area contributed by atoms with Crippen LogP contribution in [0.15, 0.2) is 77.7 Å². The van der Waals surface area contributed by atoms with Gasteiger partial charge in [0, 0.05) is 12.1 Å². The van der Waals surface area contributed by atoms with Crippen molar-refractivity contribution in [3.05, 3.63) is 89.7 Å². The number of benzene rings is 3. The molecule has 0 bridgehead atoms. The van der Waals surface area contributed by atoms with Crippen molar-refractivity contribution in [2.45, 2.75) is 71.0 Å². The number of nitrogens with zero attached hydrogens (tertiary/aromatic N) is 2. The van der Waals surface area contributed by atoms with Crippen LogP contribution in [0.2, 0.25) is 0 Å². The first-order valence-corrected chi connectivity index (χ1v) is 15.4. The molecule has 0 aliphatic heterocycles. The van der Waals surface area contributed by atoms with Gasteiger partial charge in [0.05, 0.1) is 17.2 Å². The van der Waals surface area contributed by atoms with Crippen LogP contribution in [0.1, 0.15) is 52.2 Å². The lowest BCUT2D eigenvalue weighted by atomic mass is 10.1. The second-order valence-electron chi connectivity index (χ2n) is 11.1. The summed E-state index contributed by atoms with van der Waals surface area (Å²) in [5.41, 5.74) is 1.19. The van der Waals surface area contributed by atoms with Gasteiger partial charge in [-0.1, -0.05) is 36.8 Å². The fourth-order valence-corrected chi connectivity index (χ4v) is 5.81. The maximum absolute atomic E-state index is 14.1. The number of nitrogens with one attached hydrogen (secondary N) is 1. The Morgan fingerprint density at radius 2 is 1.52 bits per heavy atom. The molecule has 3 aromatic carbocycles. The van der Waals surface area contributed by atoms with Crippen molar-refractivity contribution in [2.24, 2.45) is 0 Å². The van der Waals surface area contributed by atoms with Crippen LogP contribution in [0.4, 0.5) is 10.1 Å². The molecule has 1 atom stereocenters. The Labute approximate surface area is 248 Å². The number of aryl methyl sites for hydroxylation is 1. The number of hydrogen-bond acceptors (Lipinski definition) is 5. The third kappa shape index (κ3) is 8.55. The molecule has 0 saturated heterocycles. The Hall–Kier alpha value is -3.92. The van der Waals surface area contributed by atoms with Gasteiger partial charge < -0.3 is 15.0 Å². The highest BCUT2D eigenvalue weighted by atomic mass is 32.2. The molecule has 3 aromatic rings. The topological polar surface area (TPSA) is 96.0 Å². The molecule has 1 N–H and O–H groups in total. The molecule has 0 spiro atoms. The Morgan fingerprint density at radius 3 is 2.05 bits per heavy atom. The molecule has 3 rings (SSSR count). The summed E-state index contributed by atoms with van der Waals surface area (Å²) in [6, 6.07) is 17.6. The maximum Gasteiger partial charge on any atom is 0.264 e. The van der Waals surface area contributed by atoms with Crippen LogP contribution in [0.3, 0.4) is 0 Å². The van der Waals surface area contributed by atoms with Gasteiger partial charge in [-0.25, -0.2) is 12.8 Å². The monoisotopic (exact) mass is 597 g/mol. The SMILES string of the molecule is CCOc1ccc(N(CC(=O)N(Cc2ccc(F)cc2)C(CC)C(=O)NC(C)(C)C)S(=O)(=O)c2ccc(C)cc2)cc1. The summed E-state index contributed by atoms with van der Waals surface area (Å²) in [5, 5.41) is 2.93. The molecule has 2 amide bonds. The molecule has 0 fully saturated rings. The van der Waals surface area contributed by atoms with E-state index in [4.69, 9.17) is 4.74 Å². The van der Waals surface area contributed by atoms with Crippen molar-refractivity contribution >= 4 is 27.5 Å². The minimum absolute atomic E-state index is 0.0170. The summed E-state index contributed by atoms with van der Waals surface area (Å²) in [6.07, 6.45) is 0.280. The summed E-state index contributed by atoms with van der Waals surface area (Å²) in [7, 11) is -4.19. The molecule has 8 nitrogen and oxygen atoms in total. The first-order valence-electron chi connectivity index (χ1n) is 13.9. The van der Waals surface area contributed by atoms with Gasteiger partial charge in [0.2, 0.25) is 11.8 Å². The average Bonchev–Trinajstić information content (AvgIpc) is 2.92. The van der Waals surface area contributed by atoms with Crippen LogP contribution in [-0.4, -0.2) is 49.9 Å². The molecule has 0 aliphatic rings. The molecule has 0 aliphatic carbocycles. The minimum atomic E-state index is -4.19. The molecular weight excluding hydrogens is 557 g/mol. The van der Waals surface area contributed by atoms with E-state index in [1.54, 1.807) is 43.3 Å². The number of sulfonamides is 1. The first-order chi connectivity index (χ1) is 19.7.